The van der Waals surface area contributed by atoms with E-state index in [1.165, 1.54) is 5.56 Å². The van der Waals surface area contributed by atoms with Crippen LogP contribution in [0.15, 0.2) is 30.4 Å². The molecule has 0 aliphatic carbocycles. The van der Waals surface area contributed by atoms with Gasteiger partial charge in [-0.25, -0.2) is 0 Å². The van der Waals surface area contributed by atoms with Crippen LogP contribution < -0.4 is 14.8 Å². The molecule has 19 heavy (non-hydrogen) atoms. The highest BCUT2D eigenvalue weighted by Gasteiger charge is 2.05. The lowest BCUT2D eigenvalue weighted by atomic mass is 10.2. The van der Waals surface area contributed by atoms with E-state index in [4.69, 9.17) is 9.47 Å². The Morgan fingerprint density at radius 2 is 2.05 bits per heavy atom. The second-order valence-electron chi connectivity index (χ2n) is 4.89. The third-order valence-electron chi connectivity index (χ3n) is 2.68. The second-order valence-corrected chi connectivity index (χ2v) is 4.89. The summed E-state index contributed by atoms with van der Waals surface area (Å²) >= 11 is 0. The van der Waals surface area contributed by atoms with Crippen LogP contribution in [0.1, 0.15) is 26.3 Å². The predicted molar refractivity (Wildman–Crippen MR) is 79.8 cm³/mol. The van der Waals surface area contributed by atoms with E-state index in [9.17, 15) is 0 Å². The van der Waals surface area contributed by atoms with Gasteiger partial charge in [0.25, 0.3) is 0 Å². The first-order chi connectivity index (χ1) is 9.17. The molecule has 0 fully saturated rings. The van der Waals surface area contributed by atoms with Crippen LogP contribution in [0, 0.1) is 5.92 Å². The van der Waals surface area contributed by atoms with Gasteiger partial charge >= 0.3 is 0 Å². The Balaban J connectivity index is 2.65. The smallest absolute Gasteiger partial charge is 0.161 e. The van der Waals surface area contributed by atoms with E-state index >= 15 is 0 Å². The normalized spacial score (nSPS) is 11.2. The fourth-order valence-electron chi connectivity index (χ4n) is 1.68. The van der Waals surface area contributed by atoms with E-state index in [0.717, 1.165) is 24.6 Å². The summed E-state index contributed by atoms with van der Waals surface area (Å²) in [5.74, 6) is 2.23. The molecule has 1 N–H and O–H groups in total. The van der Waals surface area contributed by atoms with Gasteiger partial charge in [-0.15, -0.1) is 0 Å². The van der Waals surface area contributed by atoms with Crippen molar-refractivity contribution in [3.8, 4) is 11.5 Å². The molecule has 0 aliphatic rings. The molecule has 0 aliphatic heterocycles. The maximum Gasteiger partial charge on any atom is 0.161 e. The van der Waals surface area contributed by atoms with Gasteiger partial charge in [0.15, 0.2) is 11.5 Å². The monoisotopic (exact) mass is 263 g/mol. The van der Waals surface area contributed by atoms with Crippen LogP contribution in [0.2, 0.25) is 0 Å². The van der Waals surface area contributed by atoms with Crippen LogP contribution in [-0.2, 0) is 6.54 Å². The van der Waals surface area contributed by atoms with Crippen LogP contribution in [0.5, 0.6) is 11.5 Å². The molecule has 0 unspecified atom stereocenters. The second kappa shape index (κ2) is 8.59. The zero-order valence-electron chi connectivity index (χ0n) is 12.4. The number of benzene rings is 1. The van der Waals surface area contributed by atoms with E-state index in [1.807, 2.05) is 31.2 Å². The molecule has 1 aromatic carbocycles. The van der Waals surface area contributed by atoms with Gasteiger partial charge in [0, 0.05) is 6.54 Å². The zero-order chi connectivity index (χ0) is 14.1. The van der Waals surface area contributed by atoms with Crippen LogP contribution in [0.25, 0.3) is 0 Å². The Bertz CT molecular complexity index is 400. The highest BCUT2D eigenvalue weighted by atomic mass is 16.5. The molecule has 0 amide bonds. The maximum absolute atomic E-state index is 5.70. The van der Waals surface area contributed by atoms with E-state index < -0.39 is 0 Å². The van der Waals surface area contributed by atoms with Gasteiger partial charge in [-0.05, 0) is 37.1 Å². The molecule has 3 heteroatoms. The Hall–Kier alpha value is -1.48. The molecular weight excluding hydrogens is 238 g/mol. The van der Waals surface area contributed by atoms with Crippen molar-refractivity contribution in [3.05, 3.63) is 35.9 Å². The van der Waals surface area contributed by atoms with Gasteiger partial charge in [0.2, 0.25) is 0 Å². The Kier molecular flexibility index (Phi) is 7.04. The van der Waals surface area contributed by atoms with Crippen molar-refractivity contribution in [1.82, 2.24) is 5.32 Å². The van der Waals surface area contributed by atoms with Crippen molar-refractivity contribution in [2.45, 2.75) is 27.3 Å². The fourth-order valence-corrected chi connectivity index (χ4v) is 1.68. The highest BCUT2D eigenvalue weighted by Crippen LogP contribution is 2.28. The average Bonchev–Trinajstić information content (AvgIpc) is 2.39. The summed E-state index contributed by atoms with van der Waals surface area (Å²) in [7, 11) is 1.66. The van der Waals surface area contributed by atoms with Gasteiger partial charge in [-0.1, -0.05) is 32.1 Å². The summed E-state index contributed by atoms with van der Waals surface area (Å²) in [6, 6.07) is 6.06. The standard InChI is InChI=1S/C16H25NO2/c1-5-6-9-19-16-10-14(7-8-15(16)18-4)12-17-11-13(2)3/h5-8,10,13,17H,9,11-12H2,1-4H3. The van der Waals surface area contributed by atoms with Gasteiger partial charge in [0.05, 0.1) is 7.11 Å². The summed E-state index contributed by atoms with van der Waals surface area (Å²) < 4.78 is 11.0. The van der Waals surface area contributed by atoms with E-state index in [0.29, 0.717) is 12.5 Å². The van der Waals surface area contributed by atoms with Gasteiger partial charge in [0.1, 0.15) is 6.61 Å². The minimum absolute atomic E-state index is 0.565. The van der Waals surface area contributed by atoms with Crippen molar-refractivity contribution in [2.24, 2.45) is 5.92 Å². The fraction of sp³-hybridized carbons (Fsp3) is 0.500. The summed E-state index contributed by atoms with van der Waals surface area (Å²) in [5, 5.41) is 3.42. The average molecular weight is 263 g/mol. The number of rotatable bonds is 8. The number of methoxy groups -OCH3 is 1. The topological polar surface area (TPSA) is 30.5 Å². The lowest BCUT2D eigenvalue weighted by Gasteiger charge is -2.12. The van der Waals surface area contributed by atoms with Crippen molar-refractivity contribution >= 4 is 0 Å². The summed E-state index contributed by atoms with van der Waals surface area (Å²) in [4.78, 5) is 0. The summed E-state index contributed by atoms with van der Waals surface area (Å²) in [6.45, 7) is 8.81. The van der Waals surface area contributed by atoms with Crippen molar-refractivity contribution in [2.75, 3.05) is 20.3 Å². The van der Waals surface area contributed by atoms with Crippen LogP contribution in [0.4, 0.5) is 0 Å². The van der Waals surface area contributed by atoms with Crippen molar-refractivity contribution in [3.63, 3.8) is 0 Å². The quantitative estimate of drug-likeness (QED) is 0.729. The van der Waals surface area contributed by atoms with E-state index in [1.54, 1.807) is 7.11 Å². The van der Waals surface area contributed by atoms with Crippen molar-refractivity contribution < 1.29 is 9.47 Å². The largest absolute Gasteiger partial charge is 0.493 e. The van der Waals surface area contributed by atoms with Crippen LogP contribution >= 0.6 is 0 Å². The number of hydrogen-bond acceptors (Lipinski definition) is 3. The molecule has 0 bridgehead atoms. The molecule has 0 heterocycles. The SMILES string of the molecule is CC=CCOc1cc(CNCC(C)C)ccc1OC. The summed E-state index contributed by atoms with van der Waals surface area (Å²) in [5.41, 5.74) is 1.21. The molecule has 106 valence electrons. The first kappa shape index (κ1) is 15.6. The molecule has 0 radical (unpaired) electrons. The molecular formula is C16H25NO2. The van der Waals surface area contributed by atoms with Crippen molar-refractivity contribution in [1.29, 1.82) is 0 Å². The Labute approximate surface area is 116 Å². The number of nitrogens with one attached hydrogen (secondary N) is 1. The highest BCUT2D eigenvalue weighted by molar-refractivity contribution is 5.43. The van der Waals surface area contributed by atoms with E-state index in [-0.39, 0.29) is 0 Å². The number of allylic oxidation sites excluding steroid dienone is 1. The Morgan fingerprint density at radius 1 is 1.26 bits per heavy atom. The maximum atomic E-state index is 5.70. The lowest BCUT2D eigenvalue weighted by Crippen LogP contribution is -2.18. The molecule has 3 nitrogen and oxygen atoms in total. The first-order valence-corrected chi connectivity index (χ1v) is 6.79. The first-order valence-electron chi connectivity index (χ1n) is 6.79. The third-order valence-corrected chi connectivity index (χ3v) is 2.68. The summed E-state index contributed by atoms with van der Waals surface area (Å²) in [6.07, 6.45) is 3.95. The van der Waals surface area contributed by atoms with Gasteiger partial charge in [-0.3, -0.25) is 0 Å². The number of hydrogen-bond donors (Lipinski definition) is 1. The minimum Gasteiger partial charge on any atom is -0.493 e. The molecule has 0 saturated heterocycles. The van der Waals surface area contributed by atoms with Crippen LogP contribution in [-0.4, -0.2) is 20.3 Å². The van der Waals surface area contributed by atoms with E-state index in [2.05, 4.69) is 25.2 Å². The third kappa shape index (κ3) is 5.79. The molecule has 1 rings (SSSR count). The zero-order valence-corrected chi connectivity index (χ0v) is 12.4. The molecule has 0 saturated carbocycles. The number of ether oxygens (including phenoxy) is 2. The predicted octanol–water partition coefficient (Wildman–Crippen LogP) is 3.40. The Morgan fingerprint density at radius 3 is 2.68 bits per heavy atom. The van der Waals surface area contributed by atoms with Gasteiger partial charge < -0.3 is 14.8 Å². The molecule has 0 atom stereocenters. The molecule has 0 aromatic heterocycles. The van der Waals surface area contributed by atoms with Gasteiger partial charge in [-0.2, -0.15) is 0 Å². The van der Waals surface area contributed by atoms with Crippen LogP contribution in [0.3, 0.4) is 0 Å². The molecule has 1 aromatic rings. The minimum atomic E-state index is 0.565. The molecule has 0 spiro atoms. The lowest BCUT2D eigenvalue weighted by molar-refractivity contribution is 0.325.